The van der Waals surface area contributed by atoms with Crippen LogP contribution < -0.4 is 5.32 Å². The number of ketones is 1. The van der Waals surface area contributed by atoms with Crippen LogP contribution in [0.15, 0.2) is 0 Å². The molecule has 15 atom stereocenters. The van der Waals surface area contributed by atoms with Crippen molar-refractivity contribution in [2.45, 2.75) is 204 Å². The Morgan fingerprint density at radius 2 is 1.54 bits per heavy atom. The van der Waals surface area contributed by atoms with Gasteiger partial charge in [-0.05, 0) is 50.9 Å². The van der Waals surface area contributed by atoms with Gasteiger partial charge in [-0.15, -0.1) is 0 Å². The first-order chi connectivity index (χ1) is 27.3. The highest BCUT2D eigenvalue weighted by atomic mass is 16.7. The lowest BCUT2D eigenvalue weighted by atomic mass is 9.74. The fourth-order valence-corrected chi connectivity index (χ4v) is 8.91. The van der Waals surface area contributed by atoms with Gasteiger partial charge in [-0.3, -0.25) is 9.59 Å². The number of aliphatic hydroxyl groups is 5. The van der Waals surface area contributed by atoms with Crippen molar-refractivity contribution in [3.05, 3.63) is 0 Å². The Labute approximate surface area is 337 Å². The maximum Gasteiger partial charge on any atom is 0.332 e. The molecule has 330 valence electrons. The monoisotopic (exact) mass is 817 g/mol. The van der Waals surface area contributed by atoms with Crippen LogP contribution >= 0.6 is 0 Å². The Morgan fingerprint density at radius 3 is 2.19 bits per heavy atom. The van der Waals surface area contributed by atoms with E-state index in [-0.39, 0.29) is 36.9 Å². The maximum atomic E-state index is 13.8. The minimum Gasteiger partial charge on any atom is -0.479 e. The van der Waals surface area contributed by atoms with E-state index in [2.05, 4.69) is 12.2 Å². The summed E-state index contributed by atoms with van der Waals surface area (Å²) >= 11 is 0. The molecule has 16 heteroatoms. The zero-order valence-corrected chi connectivity index (χ0v) is 34.3. The summed E-state index contributed by atoms with van der Waals surface area (Å²) in [6, 6.07) is -1.26. The minimum atomic E-state index is -1.61. The van der Waals surface area contributed by atoms with Crippen LogP contribution in [-0.4, -0.2) is 148 Å². The third-order valence-corrected chi connectivity index (χ3v) is 12.3. The molecule has 2 saturated carbocycles. The number of nitrogens with one attached hydrogen (secondary N) is 1. The topological polar surface area (TPSA) is 240 Å². The molecule has 57 heavy (non-hydrogen) atoms. The van der Waals surface area contributed by atoms with Gasteiger partial charge in [0.15, 0.2) is 18.7 Å². The predicted molar refractivity (Wildman–Crippen MR) is 205 cm³/mol. The maximum absolute atomic E-state index is 13.8. The smallest absolute Gasteiger partial charge is 0.332 e. The number of aliphatic hydroxyl groups excluding tert-OH is 5. The van der Waals surface area contributed by atoms with Crippen molar-refractivity contribution < 1.29 is 73.4 Å². The molecule has 4 rings (SSSR count). The van der Waals surface area contributed by atoms with Crippen LogP contribution in [0.3, 0.4) is 0 Å². The Hall–Kier alpha value is -1.83. The highest BCUT2D eigenvalue weighted by Gasteiger charge is 2.52. The van der Waals surface area contributed by atoms with Crippen molar-refractivity contribution in [2.75, 3.05) is 19.8 Å². The number of carbonyl (C=O) groups is 3. The SMILES string of the molecule is CCCCCCOCCCC(=O)C1CC(CC)[C@@H](O[C@@H]2OC(C)[C@@H](O)[C@H](O)C2O)[C@H](O[C@@H]2O[C@@H](CO)[C@H](O)C(O[C@@H](CC3CCCCC3)C(=O)O)C2NC(C)=O)C1. The molecule has 2 aliphatic heterocycles. The van der Waals surface area contributed by atoms with Crippen LogP contribution in [0.25, 0.3) is 0 Å². The molecule has 0 aromatic heterocycles. The van der Waals surface area contributed by atoms with Gasteiger partial charge in [-0.25, -0.2) is 4.79 Å². The second-order valence-corrected chi connectivity index (χ2v) is 16.6. The van der Waals surface area contributed by atoms with Gasteiger partial charge in [0.2, 0.25) is 5.91 Å². The van der Waals surface area contributed by atoms with Crippen molar-refractivity contribution in [3.63, 3.8) is 0 Å². The van der Waals surface area contributed by atoms with Crippen molar-refractivity contribution >= 4 is 17.7 Å². The van der Waals surface area contributed by atoms with Crippen LogP contribution in [-0.2, 0) is 42.8 Å². The molecule has 0 aromatic rings. The molecule has 16 nitrogen and oxygen atoms in total. The lowest BCUT2D eigenvalue weighted by molar-refractivity contribution is -0.338. The number of rotatable bonds is 22. The van der Waals surface area contributed by atoms with Gasteiger partial charge >= 0.3 is 5.97 Å². The summed E-state index contributed by atoms with van der Waals surface area (Å²) in [4.78, 5) is 39.0. The number of Topliss-reactive ketones (excluding diaryl/α,β-unsaturated/α-hetero) is 1. The van der Waals surface area contributed by atoms with Crippen LogP contribution in [0.2, 0.25) is 0 Å². The molecule has 7 N–H and O–H groups in total. The van der Waals surface area contributed by atoms with E-state index in [1.165, 1.54) is 6.92 Å². The summed E-state index contributed by atoms with van der Waals surface area (Å²) < 4.78 is 37.0. The lowest BCUT2D eigenvalue weighted by Gasteiger charge is -2.49. The number of carboxylic acids is 1. The van der Waals surface area contributed by atoms with Crippen molar-refractivity contribution in [3.8, 4) is 0 Å². The van der Waals surface area contributed by atoms with Gasteiger partial charge in [0.05, 0.1) is 24.9 Å². The number of amides is 1. The van der Waals surface area contributed by atoms with Crippen LogP contribution in [0.4, 0.5) is 0 Å². The molecule has 2 heterocycles. The molecule has 0 bridgehead atoms. The predicted octanol–water partition coefficient (Wildman–Crippen LogP) is 2.36. The summed E-state index contributed by atoms with van der Waals surface area (Å²) in [5.41, 5.74) is 0. The zero-order valence-electron chi connectivity index (χ0n) is 34.3. The molecule has 0 spiro atoms. The Bertz CT molecular complexity index is 1220. The number of aliphatic carboxylic acids is 1. The molecule has 4 fully saturated rings. The third kappa shape index (κ3) is 13.6. The van der Waals surface area contributed by atoms with E-state index >= 15 is 0 Å². The Balaban J connectivity index is 1.60. The lowest BCUT2D eigenvalue weighted by Crippen LogP contribution is -2.67. The van der Waals surface area contributed by atoms with Gasteiger partial charge in [0, 0.05) is 32.5 Å². The second kappa shape index (κ2) is 23.8. The minimum absolute atomic E-state index is 0.0102. The van der Waals surface area contributed by atoms with E-state index in [1.54, 1.807) is 6.92 Å². The summed E-state index contributed by atoms with van der Waals surface area (Å²) in [5, 5.41) is 66.6. The Kier molecular flexibility index (Phi) is 20.0. The first-order valence-corrected chi connectivity index (χ1v) is 21.5. The van der Waals surface area contributed by atoms with Crippen molar-refractivity contribution in [2.24, 2.45) is 17.8 Å². The average molecular weight is 818 g/mol. The third-order valence-electron chi connectivity index (χ3n) is 12.3. The molecule has 6 unspecified atom stereocenters. The summed E-state index contributed by atoms with van der Waals surface area (Å²) in [6.07, 6.45) is -4.38. The first-order valence-electron chi connectivity index (χ1n) is 21.5. The number of carbonyl (C=O) groups excluding carboxylic acids is 2. The van der Waals surface area contributed by atoms with Gasteiger partial charge in [-0.1, -0.05) is 71.6 Å². The molecular weight excluding hydrogens is 746 g/mol. The van der Waals surface area contributed by atoms with Crippen LogP contribution in [0, 0.1) is 17.8 Å². The molecule has 2 saturated heterocycles. The van der Waals surface area contributed by atoms with Gasteiger partial charge in [0.1, 0.15) is 48.4 Å². The van der Waals surface area contributed by atoms with Crippen molar-refractivity contribution in [1.29, 1.82) is 0 Å². The van der Waals surface area contributed by atoms with E-state index in [0.29, 0.717) is 32.5 Å². The first kappa shape index (κ1) is 47.8. The van der Waals surface area contributed by atoms with E-state index < -0.39 is 104 Å². The van der Waals surface area contributed by atoms with E-state index in [0.717, 1.165) is 57.8 Å². The molecule has 0 aromatic carbocycles. The number of ether oxygens (including phenoxy) is 6. The summed E-state index contributed by atoms with van der Waals surface area (Å²) in [5.74, 6) is -2.45. The fourth-order valence-electron chi connectivity index (χ4n) is 8.91. The average Bonchev–Trinajstić information content (AvgIpc) is 3.19. The summed E-state index contributed by atoms with van der Waals surface area (Å²) in [6.45, 7) is 7.28. The zero-order chi connectivity index (χ0) is 41.6. The number of hydrogen-bond donors (Lipinski definition) is 7. The number of hydrogen-bond acceptors (Lipinski definition) is 14. The highest BCUT2D eigenvalue weighted by Crippen LogP contribution is 2.40. The van der Waals surface area contributed by atoms with Crippen LogP contribution in [0.1, 0.15) is 124 Å². The molecule has 0 radical (unpaired) electrons. The van der Waals surface area contributed by atoms with Crippen molar-refractivity contribution in [1.82, 2.24) is 5.32 Å². The highest BCUT2D eigenvalue weighted by molar-refractivity contribution is 5.81. The Morgan fingerprint density at radius 1 is 0.825 bits per heavy atom. The largest absolute Gasteiger partial charge is 0.479 e. The quantitative estimate of drug-likeness (QED) is 0.0777. The van der Waals surface area contributed by atoms with E-state index in [4.69, 9.17) is 28.4 Å². The molecule has 2 aliphatic carbocycles. The number of carboxylic acid groups (broad SMARTS) is 1. The molecule has 1 amide bonds. The molecule has 4 aliphatic rings. The van der Waals surface area contributed by atoms with E-state index in [1.807, 2.05) is 6.92 Å². The normalized spacial score (nSPS) is 37.1. The summed E-state index contributed by atoms with van der Waals surface area (Å²) in [7, 11) is 0. The van der Waals surface area contributed by atoms with Crippen LogP contribution in [0.5, 0.6) is 0 Å². The van der Waals surface area contributed by atoms with E-state index in [9.17, 15) is 45.0 Å². The van der Waals surface area contributed by atoms with Gasteiger partial charge in [0.25, 0.3) is 0 Å². The standard InChI is InChI=1S/C41H71NO15/c1-5-7-8-12-17-52-18-13-16-28(45)27-20-26(6-2)37(57-41-36(49)35(48)33(46)23(3)53-41)29(21-27)55-40-32(42-24(4)44)38(34(47)31(22-43)56-40)54-30(39(50)51)19-25-14-10-9-11-15-25/h23,25-27,29-38,40-41,43,46-49H,5-22H2,1-4H3,(H,42,44)(H,50,51)/t23?,26?,27?,29-,30+,31+,32?,33-,34+,35+,36?,37-,38?,40-,41+/m1/s1. The van der Waals surface area contributed by atoms with Gasteiger partial charge in [-0.2, -0.15) is 0 Å². The van der Waals surface area contributed by atoms with Gasteiger partial charge < -0.3 is 64.4 Å². The molecular formula is C41H71NO15. The fraction of sp³-hybridized carbons (Fsp3) is 0.927. The number of unbranched alkanes of at least 4 members (excludes halogenated alkanes) is 3. The second-order valence-electron chi connectivity index (χ2n) is 16.6.